The van der Waals surface area contributed by atoms with Gasteiger partial charge >= 0.3 is 0 Å². The molecule has 4 saturated heterocycles. The Morgan fingerprint density at radius 1 is 0.263 bits per heavy atom. The lowest BCUT2D eigenvalue weighted by Gasteiger charge is -2.46. The first-order valence-corrected chi connectivity index (χ1v) is 23.3. The fourth-order valence-corrected chi connectivity index (χ4v) is 8.80. The van der Waals surface area contributed by atoms with Crippen molar-refractivity contribution in [3.8, 4) is 0 Å². The topological polar surface area (TPSA) is 19.4 Å². The molecule has 1 unspecified atom stereocenters. The summed E-state index contributed by atoms with van der Waals surface area (Å²) < 4.78 is 0. The van der Waals surface area contributed by atoms with Crippen molar-refractivity contribution in [3.63, 3.8) is 0 Å². The molecule has 6 heteroatoms. The first-order valence-electron chi connectivity index (χ1n) is 23.3. The number of rotatable bonds is 0. The molecule has 0 aromatic heterocycles. The molecule has 0 aromatic carbocycles. The minimum atomic E-state index is 0. The summed E-state index contributed by atoms with van der Waals surface area (Å²) in [7, 11) is 0. The van der Waals surface area contributed by atoms with E-state index in [1.807, 2.05) is 0 Å². The SMILES string of the molecule is C.CC(C)(C)C1CCN(C(C)(C)C)C1.CC(C)(C)C1CCN(C(C)(C)C)CC1.CC(C)(C)N1CCCN(C(C)(C)C)CC1.CC(C)(C)N1CCN(C(C)(C)C)CC1. The van der Waals surface area contributed by atoms with Gasteiger partial charge in [0, 0.05) is 79.0 Å². The van der Waals surface area contributed by atoms with Crippen molar-refractivity contribution in [2.24, 2.45) is 22.7 Å². The third-order valence-corrected chi connectivity index (χ3v) is 13.6. The number of piperazine rings is 1. The minimum absolute atomic E-state index is 0. The van der Waals surface area contributed by atoms with E-state index < -0.39 is 0 Å². The predicted octanol–water partition coefficient (Wildman–Crippen LogP) is 12.1. The highest BCUT2D eigenvalue weighted by molar-refractivity contribution is 4.90. The molecule has 6 nitrogen and oxygen atoms in total. The zero-order valence-electron chi connectivity index (χ0n) is 43.2. The maximum Gasteiger partial charge on any atom is 0.0126 e. The molecule has 0 aliphatic carbocycles. The van der Waals surface area contributed by atoms with Crippen molar-refractivity contribution in [2.75, 3.05) is 78.5 Å². The quantitative estimate of drug-likeness (QED) is 0.241. The first kappa shape index (κ1) is 56.8. The van der Waals surface area contributed by atoms with Crippen LogP contribution in [0.15, 0.2) is 0 Å². The van der Waals surface area contributed by atoms with Crippen LogP contribution in [0.3, 0.4) is 0 Å². The Morgan fingerprint density at radius 3 is 0.684 bits per heavy atom. The van der Waals surface area contributed by atoms with Gasteiger partial charge in [0.05, 0.1) is 0 Å². The molecule has 0 aromatic rings. The molecule has 57 heavy (non-hydrogen) atoms. The van der Waals surface area contributed by atoms with Crippen molar-refractivity contribution in [1.29, 1.82) is 0 Å². The summed E-state index contributed by atoms with van der Waals surface area (Å²) in [5, 5.41) is 0. The van der Waals surface area contributed by atoms with Crippen LogP contribution in [-0.4, -0.2) is 141 Å². The van der Waals surface area contributed by atoms with Gasteiger partial charge in [0.25, 0.3) is 0 Å². The molecule has 4 aliphatic rings. The van der Waals surface area contributed by atoms with E-state index in [1.165, 1.54) is 104 Å². The second kappa shape index (κ2) is 21.7. The monoisotopic (exact) mass is 807 g/mol. The molecule has 4 heterocycles. The fourth-order valence-electron chi connectivity index (χ4n) is 8.80. The van der Waals surface area contributed by atoms with Crippen molar-refractivity contribution >= 4 is 0 Å². The summed E-state index contributed by atoms with van der Waals surface area (Å²) in [6.07, 6.45) is 5.43. The Hall–Kier alpha value is -0.240. The number of nitrogens with zero attached hydrogens (tertiary/aromatic N) is 6. The van der Waals surface area contributed by atoms with Crippen LogP contribution in [0.5, 0.6) is 0 Å². The molecule has 4 aliphatic heterocycles. The summed E-state index contributed by atoms with van der Waals surface area (Å²) in [5.74, 6) is 1.80. The molecule has 344 valence electrons. The highest BCUT2D eigenvalue weighted by Crippen LogP contribution is 2.37. The van der Waals surface area contributed by atoms with Crippen LogP contribution in [0.1, 0.15) is 199 Å². The van der Waals surface area contributed by atoms with Crippen LogP contribution in [0.4, 0.5) is 0 Å². The largest absolute Gasteiger partial charge is 0.298 e. The molecular weight excluding hydrogens is 697 g/mol. The fraction of sp³-hybridized carbons (Fsp3) is 1.00. The number of likely N-dealkylation sites (tertiary alicyclic amines) is 2. The van der Waals surface area contributed by atoms with Crippen LogP contribution in [0, 0.1) is 22.7 Å². The summed E-state index contributed by atoms with van der Waals surface area (Å²) in [6, 6.07) is 0. The van der Waals surface area contributed by atoms with Crippen molar-refractivity contribution < 1.29 is 0 Å². The number of hydrogen-bond donors (Lipinski definition) is 0. The molecule has 0 radical (unpaired) electrons. The summed E-state index contributed by atoms with van der Waals surface area (Å²) >= 11 is 0. The standard InChI is InChI=1S/C13H28N2.C13H27N.C12H26N2.C12H25N.CH4/c1-12(2,3)14-8-7-9-15(11-10-14)13(4,5)6;1-12(2,3)11-7-9-14(10-8-11)13(4,5)6;1-11(2,3)13-7-9-14(10-8-13)12(4,5)6;1-11(2,3)10-7-8-13(9-10)12(4,5)6;/h7-11H2,1-6H3;11H,7-10H2,1-6H3;7-10H2,1-6H3;10H,7-9H2,1-6H3;1H4. The molecule has 0 spiro atoms. The van der Waals surface area contributed by atoms with Crippen LogP contribution in [0.25, 0.3) is 0 Å². The summed E-state index contributed by atoms with van der Waals surface area (Å²) in [6.45, 7) is 70.8. The molecule has 4 rings (SSSR count). The molecule has 0 amide bonds. The van der Waals surface area contributed by atoms with Crippen molar-refractivity contribution in [2.45, 2.75) is 233 Å². The first-order chi connectivity index (χ1) is 24.8. The van der Waals surface area contributed by atoms with Gasteiger partial charge in [-0.2, -0.15) is 0 Å². The maximum atomic E-state index is 2.62. The Morgan fingerprint density at radius 2 is 0.474 bits per heavy atom. The van der Waals surface area contributed by atoms with E-state index in [1.54, 1.807) is 0 Å². The maximum absolute atomic E-state index is 2.62. The Balaban J connectivity index is 0.000000730. The van der Waals surface area contributed by atoms with Gasteiger partial charge < -0.3 is 0 Å². The second-order valence-corrected chi connectivity index (χ2v) is 26.3. The van der Waals surface area contributed by atoms with Gasteiger partial charge in [-0.05, 0) is 206 Å². The van der Waals surface area contributed by atoms with E-state index in [4.69, 9.17) is 0 Å². The highest BCUT2D eigenvalue weighted by Gasteiger charge is 2.36. The number of hydrogen-bond acceptors (Lipinski definition) is 6. The normalized spacial score (nSPS) is 23.3. The molecule has 0 N–H and O–H groups in total. The average molecular weight is 807 g/mol. The molecule has 0 bridgehead atoms. The lowest BCUT2D eigenvalue weighted by atomic mass is 9.75. The minimum Gasteiger partial charge on any atom is -0.298 e. The van der Waals surface area contributed by atoms with Gasteiger partial charge in [0.15, 0.2) is 0 Å². The molecule has 4 fully saturated rings. The van der Waals surface area contributed by atoms with Gasteiger partial charge in [-0.1, -0.05) is 49.0 Å². The van der Waals surface area contributed by atoms with Crippen molar-refractivity contribution in [1.82, 2.24) is 29.4 Å². The Bertz CT molecular complexity index is 942. The second-order valence-electron chi connectivity index (χ2n) is 26.3. The molecular formula is C51H110N6. The van der Waals surface area contributed by atoms with E-state index in [9.17, 15) is 0 Å². The third kappa shape index (κ3) is 20.9. The molecule has 0 saturated carbocycles. The smallest absolute Gasteiger partial charge is 0.0126 e. The van der Waals surface area contributed by atoms with Gasteiger partial charge in [0.2, 0.25) is 0 Å². The lowest BCUT2D eigenvalue weighted by Crippen LogP contribution is -2.57. The average Bonchev–Trinajstić information content (AvgIpc) is 3.39. The van der Waals surface area contributed by atoms with Gasteiger partial charge in [-0.3, -0.25) is 29.4 Å². The lowest BCUT2D eigenvalue weighted by molar-refractivity contribution is 0.0211. The van der Waals surface area contributed by atoms with E-state index in [2.05, 4.69) is 196 Å². The van der Waals surface area contributed by atoms with E-state index in [0.29, 0.717) is 44.1 Å². The van der Waals surface area contributed by atoms with Crippen LogP contribution < -0.4 is 0 Å². The highest BCUT2D eigenvalue weighted by atomic mass is 15.3. The zero-order chi connectivity index (χ0) is 43.9. The van der Waals surface area contributed by atoms with Gasteiger partial charge in [-0.25, -0.2) is 0 Å². The summed E-state index contributed by atoms with van der Waals surface area (Å²) in [4.78, 5) is 15.6. The number of piperidine rings is 1. The van der Waals surface area contributed by atoms with E-state index in [0.717, 1.165) is 11.8 Å². The Labute approximate surface area is 362 Å². The third-order valence-electron chi connectivity index (χ3n) is 13.6. The Kier molecular flexibility index (Phi) is 21.6. The zero-order valence-corrected chi connectivity index (χ0v) is 43.2. The van der Waals surface area contributed by atoms with Gasteiger partial charge in [0.1, 0.15) is 0 Å². The van der Waals surface area contributed by atoms with E-state index in [-0.39, 0.29) is 7.43 Å². The van der Waals surface area contributed by atoms with Crippen molar-refractivity contribution in [3.05, 3.63) is 0 Å². The van der Waals surface area contributed by atoms with Gasteiger partial charge in [-0.15, -0.1) is 0 Å². The van der Waals surface area contributed by atoms with Crippen LogP contribution >= 0.6 is 0 Å². The van der Waals surface area contributed by atoms with Crippen LogP contribution in [0.2, 0.25) is 0 Å². The van der Waals surface area contributed by atoms with Crippen LogP contribution in [-0.2, 0) is 0 Å². The summed E-state index contributed by atoms with van der Waals surface area (Å²) in [5.41, 5.74) is 3.04. The van der Waals surface area contributed by atoms with E-state index >= 15 is 0 Å². The molecule has 1 atom stereocenters. The predicted molar refractivity (Wildman–Crippen MR) is 259 cm³/mol.